The zero-order valence-corrected chi connectivity index (χ0v) is 12.6. The molecule has 1 amide bonds. The first-order valence-electron chi connectivity index (χ1n) is 7.48. The topological polar surface area (TPSA) is 71.6 Å². The second-order valence-electron chi connectivity index (χ2n) is 5.67. The van der Waals surface area contributed by atoms with Crippen molar-refractivity contribution in [2.24, 2.45) is 0 Å². The highest BCUT2D eigenvalue weighted by Crippen LogP contribution is 2.07. The normalized spacial score (nSPS) is 14.9. The lowest BCUT2D eigenvalue weighted by Gasteiger charge is -2.21. The summed E-state index contributed by atoms with van der Waals surface area (Å²) in [6.07, 6.45) is 4.71. The van der Waals surface area contributed by atoms with Crippen LogP contribution in [-0.2, 0) is 11.3 Å². The van der Waals surface area contributed by atoms with E-state index in [-0.39, 0.29) is 11.5 Å². The lowest BCUT2D eigenvalue weighted by atomic mass is 10.3. The minimum Gasteiger partial charge on any atom is -0.398 e. The third-order valence-electron chi connectivity index (χ3n) is 3.81. The molecule has 6 nitrogen and oxygen atoms in total. The van der Waals surface area contributed by atoms with Gasteiger partial charge in [0.15, 0.2) is 0 Å². The zero-order valence-electron chi connectivity index (χ0n) is 12.6. The second-order valence-corrected chi connectivity index (χ2v) is 5.67. The summed E-state index contributed by atoms with van der Waals surface area (Å²) in [5.74, 6) is 0.205. The summed E-state index contributed by atoms with van der Waals surface area (Å²) in [6.45, 7) is 3.63. The molecule has 2 heterocycles. The van der Waals surface area contributed by atoms with Crippen molar-refractivity contribution >= 4 is 11.6 Å². The number of likely N-dealkylation sites (N-methyl/N-ethyl adjacent to an activating group) is 1. The van der Waals surface area contributed by atoms with Crippen molar-refractivity contribution in [1.82, 2.24) is 14.4 Å². The number of nitrogens with zero attached hydrogens (tertiary/aromatic N) is 3. The summed E-state index contributed by atoms with van der Waals surface area (Å²) in [5.41, 5.74) is 6.22. The summed E-state index contributed by atoms with van der Waals surface area (Å²) < 4.78 is 1.62. The number of pyridine rings is 1. The van der Waals surface area contributed by atoms with Gasteiger partial charge in [0, 0.05) is 44.1 Å². The van der Waals surface area contributed by atoms with Gasteiger partial charge in [-0.1, -0.05) is 0 Å². The van der Waals surface area contributed by atoms with Crippen molar-refractivity contribution in [3.8, 4) is 0 Å². The number of amides is 1. The molecule has 0 saturated carbocycles. The van der Waals surface area contributed by atoms with Gasteiger partial charge in [-0.05, 0) is 32.4 Å². The number of carbonyl (C=O) groups is 1. The number of hydrogen-bond acceptors (Lipinski definition) is 4. The Morgan fingerprint density at radius 2 is 2.05 bits per heavy atom. The minimum atomic E-state index is -0.0417. The molecule has 1 aromatic rings. The van der Waals surface area contributed by atoms with Crippen molar-refractivity contribution in [3.05, 3.63) is 28.7 Å². The molecule has 1 fully saturated rings. The van der Waals surface area contributed by atoms with E-state index < -0.39 is 0 Å². The zero-order chi connectivity index (χ0) is 15.2. The number of hydrogen-bond donors (Lipinski definition) is 1. The molecular formula is C15H24N4O2. The van der Waals surface area contributed by atoms with Gasteiger partial charge < -0.3 is 15.2 Å². The van der Waals surface area contributed by atoms with Crippen LogP contribution >= 0.6 is 0 Å². The Morgan fingerprint density at radius 3 is 2.76 bits per heavy atom. The van der Waals surface area contributed by atoms with Gasteiger partial charge >= 0.3 is 0 Å². The first kappa shape index (κ1) is 15.6. The molecule has 116 valence electrons. The van der Waals surface area contributed by atoms with Crippen LogP contribution in [0.1, 0.15) is 19.3 Å². The Kier molecular flexibility index (Phi) is 5.38. The molecule has 1 aliphatic rings. The van der Waals surface area contributed by atoms with Crippen LogP contribution in [0.3, 0.4) is 0 Å². The fourth-order valence-electron chi connectivity index (χ4n) is 2.61. The molecule has 2 N–H and O–H groups in total. The summed E-state index contributed by atoms with van der Waals surface area (Å²) in [5, 5.41) is 0. The van der Waals surface area contributed by atoms with Gasteiger partial charge in [0.25, 0.3) is 5.56 Å². The molecule has 21 heavy (non-hydrogen) atoms. The predicted octanol–water partition coefficient (Wildman–Crippen LogP) is 0.375. The molecule has 0 atom stereocenters. The number of aryl methyl sites for hydroxylation is 1. The van der Waals surface area contributed by atoms with Gasteiger partial charge in [0.2, 0.25) is 5.91 Å². The number of nitrogens with two attached hydrogens (primary N) is 1. The van der Waals surface area contributed by atoms with E-state index >= 15 is 0 Å². The summed E-state index contributed by atoms with van der Waals surface area (Å²) in [6, 6.07) is 3.09. The van der Waals surface area contributed by atoms with Crippen molar-refractivity contribution in [2.45, 2.75) is 25.8 Å². The Bertz CT molecular complexity index is 535. The Morgan fingerprint density at radius 1 is 1.33 bits per heavy atom. The molecule has 0 unspecified atom stereocenters. The highest BCUT2D eigenvalue weighted by molar-refractivity contribution is 5.78. The number of rotatable bonds is 6. The largest absolute Gasteiger partial charge is 0.398 e. The lowest BCUT2D eigenvalue weighted by Crippen LogP contribution is -2.37. The average Bonchev–Trinajstić information content (AvgIpc) is 2.97. The van der Waals surface area contributed by atoms with Gasteiger partial charge in [-0.25, -0.2) is 0 Å². The summed E-state index contributed by atoms with van der Waals surface area (Å²) in [7, 11) is 1.94. The maximum Gasteiger partial charge on any atom is 0.250 e. The maximum absolute atomic E-state index is 12.0. The van der Waals surface area contributed by atoms with Crippen LogP contribution in [0.15, 0.2) is 23.1 Å². The van der Waals surface area contributed by atoms with Crippen LogP contribution in [0.25, 0.3) is 0 Å². The molecule has 0 radical (unpaired) electrons. The molecule has 1 saturated heterocycles. The maximum atomic E-state index is 12.0. The van der Waals surface area contributed by atoms with E-state index in [0.717, 1.165) is 38.9 Å². The Hall–Kier alpha value is -1.82. The van der Waals surface area contributed by atoms with E-state index in [1.165, 1.54) is 6.07 Å². The van der Waals surface area contributed by atoms with Crippen LogP contribution in [0, 0.1) is 0 Å². The van der Waals surface area contributed by atoms with E-state index in [2.05, 4.69) is 0 Å². The number of carbonyl (C=O) groups excluding carboxylic acids is 1. The van der Waals surface area contributed by atoms with Crippen LogP contribution in [0.4, 0.5) is 5.69 Å². The quantitative estimate of drug-likeness (QED) is 0.822. The van der Waals surface area contributed by atoms with Gasteiger partial charge in [0.1, 0.15) is 0 Å². The fraction of sp³-hybridized carbons (Fsp3) is 0.600. The number of aromatic nitrogens is 1. The second kappa shape index (κ2) is 7.26. The molecule has 0 spiro atoms. The van der Waals surface area contributed by atoms with E-state index in [4.69, 9.17) is 5.73 Å². The Balaban J connectivity index is 1.73. The van der Waals surface area contributed by atoms with Crippen molar-refractivity contribution in [2.75, 3.05) is 39.0 Å². The van der Waals surface area contributed by atoms with Gasteiger partial charge in [-0.15, -0.1) is 0 Å². The van der Waals surface area contributed by atoms with Gasteiger partial charge in [-0.3, -0.25) is 14.5 Å². The molecule has 6 heteroatoms. The standard InChI is InChI=1S/C15H24N4O2/c1-17(12-15(21)18-8-2-3-9-18)7-4-10-19-11-13(16)5-6-14(19)20/h5-6,11H,2-4,7-10,12,16H2,1H3. The average molecular weight is 292 g/mol. The highest BCUT2D eigenvalue weighted by Gasteiger charge is 2.18. The van der Waals surface area contributed by atoms with Crippen LogP contribution < -0.4 is 11.3 Å². The van der Waals surface area contributed by atoms with Crippen molar-refractivity contribution in [3.63, 3.8) is 0 Å². The molecule has 1 aliphatic heterocycles. The van der Waals surface area contributed by atoms with Crippen LogP contribution in [0.2, 0.25) is 0 Å². The van der Waals surface area contributed by atoms with E-state index in [9.17, 15) is 9.59 Å². The molecular weight excluding hydrogens is 268 g/mol. The summed E-state index contributed by atoms with van der Waals surface area (Å²) in [4.78, 5) is 27.6. The smallest absolute Gasteiger partial charge is 0.250 e. The molecule has 2 rings (SSSR count). The number of nitrogen functional groups attached to an aromatic ring is 1. The number of anilines is 1. The van der Waals surface area contributed by atoms with Gasteiger partial charge in [-0.2, -0.15) is 0 Å². The van der Waals surface area contributed by atoms with E-state index in [1.807, 2.05) is 16.8 Å². The monoisotopic (exact) mass is 292 g/mol. The third kappa shape index (κ3) is 4.60. The highest BCUT2D eigenvalue weighted by atomic mass is 16.2. The molecule has 1 aromatic heterocycles. The minimum absolute atomic E-state index is 0.0417. The fourth-order valence-corrected chi connectivity index (χ4v) is 2.61. The first-order chi connectivity index (χ1) is 10.1. The van der Waals surface area contributed by atoms with Crippen LogP contribution in [0.5, 0.6) is 0 Å². The van der Waals surface area contributed by atoms with E-state index in [0.29, 0.717) is 18.8 Å². The lowest BCUT2D eigenvalue weighted by molar-refractivity contribution is -0.131. The van der Waals surface area contributed by atoms with E-state index in [1.54, 1.807) is 16.8 Å². The molecule has 0 aliphatic carbocycles. The SMILES string of the molecule is CN(CCCn1cc(N)ccc1=O)CC(=O)N1CCCC1. The first-order valence-corrected chi connectivity index (χ1v) is 7.48. The van der Waals surface area contributed by atoms with Crippen molar-refractivity contribution < 1.29 is 4.79 Å². The summed E-state index contributed by atoms with van der Waals surface area (Å²) >= 11 is 0. The Labute approximate surface area is 125 Å². The predicted molar refractivity (Wildman–Crippen MR) is 83.0 cm³/mol. The van der Waals surface area contributed by atoms with Crippen molar-refractivity contribution in [1.29, 1.82) is 0 Å². The van der Waals surface area contributed by atoms with Crippen LogP contribution in [-0.4, -0.2) is 53.5 Å². The molecule has 0 aromatic carbocycles. The van der Waals surface area contributed by atoms with Gasteiger partial charge in [0.05, 0.1) is 6.54 Å². The molecule has 0 bridgehead atoms. The number of likely N-dealkylation sites (tertiary alicyclic amines) is 1. The third-order valence-corrected chi connectivity index (χ3v) is 3.81.